The van der Waals surface area contributed by atoms with Crippen molar-refractivity contribution in [2.24, 2.45) is 0 Å². The summed E-state index contributed by atoms with van der Waals surface area (Å²) in [5.41, 5.74) is 3.74. The van der Waals surface area contributed by atoms with Crippen molar-refractivity contribution in [3.8, 4) is 5.75 Å². The van der Waals surface area contributed by atoms with Gasteiger partial charge in [0.2, 0.25) is 5.91 Å². The number of hydrogen-bond acceptors (Lipinski definition) is 3. The van der Waals surface area contributed by atoms with Crippen molar-refractivity contribution in [3.63, 3.8) is 0 Å². The molecule has 1 amide bonds. The Bertz CT molecular complexity index is 736. The molecule has 3 heterocycles. The van der Waals surface area contributed by atoms with Crippen molar-refractivity contribution in [2.45, 2.75) is 18.8 Å². The molecule has 4 rings (SSSR count). The number of amides is 1. The molecule has 1 saturated heterocycles. The van der Waals surface area contributed by atoms with Crippen LogP contribution < -0.4 is 4.74 Å². The highest BCUT2D eigenvalue weighted by molar-refractivity contribution is 7.08. The summed E-state index contributed by atoms with van der Waals surface area (Å²) in [6, 6.07) is 8.53. The van der Waals surface area contributed by atoms with Gasteiger partial charge in [0.1, 0.15) is 5.75 Å². The minimum atomic E-state index is 0.114. The van der Waals surface area contributed by atoms with Gasteiger partial charge in [-0.1, -0.05) is 12.1 Å². The third-order valence-electron chi connectivity index (χ3n) is 4.65. The summed E-state index contributed by atoms with van der Waals surface area (Å²) in [6.45, 7) is 2.44. The standard InChI is InChI=1S/C19H19NO2S/c21-19(4-1-14-7-10-23-13-14)20-8-5-17(12-20)15-2-3-18-16(11-15)6-9-22-18/h1-4,7,10-11,13,17H,5-6,8-9,12H2/b4-1+. The number of carbonyl (C=O) groups is 1. The van der Waals surface area contributed by atoms with Crippen molar-refractivity contribution >= 4 is 23.3 Å². The maximum Gasteiger partial charge on any atom is 0.246 e. The predicted octanol–water partition coefficient (Wildman–Crippen LogP) is 3.71. The Morgan fingerprint density at radius 2 is 2.30 bits per heavy atom. The Balaban J connectivity index is 1.41. The van der Waals surface area contributed by atoms with Crippen LogP contribution in [0, 0.1) is 0 Å². The van der Waals surface area contributed by atoms with E-state index in [2.05, 4.69) is 18.2 Å². The molecule has 1 aromatic heterocycles. The van der Waals surface area contributed by atoms with Gasteiger partial charge in [-0.15, -0.1) is 0 Å². The average Bonchev–Trinajstić information content (AvgIpc) is 3.32. The number of carbonyl (C=O) groups excluding carboxylic acids is 1. The highest BCUT2D eigenvalue weighted by Crippen LogP contribution is 2.33. The Morgan fingerprint density at radius 3 is 3.17 bits per heavy atom. The molecular weight excluding hydrogens is 306 g/mol. The van der Waals surface area contributed by atoms with Crippen LogP contribution in [0.2, 0.25) is 0 Å². The van der Waals surface area contributed by atoms with Gasteiger partial charge in [0, 0.05) is 31.5 Å². The lowest BCUT2D eigenvalue weighted by molar-refractivity contribution is -0.124. The third-order valence-corrected chi connectivity index (χ3v) is 5.35. The summed E-state index contributed by atoms with van der Waals surface area (Å²) in [5.74, 6) is 1.58. The number of rotatable bonds is 3. The number of fused-ring (bicyclic) bond motifs is 1. The first kappa shape index (κ1) is 14.5. The fraction of sp³-hybridized carbons (Fsp3) is 0.316. The second-order valence-electron chi connectivity index (χ2n) is 6.13. The number of nitrogens with zero attached hydrogens (tertiary/aromatic N) is 1. The van der Waals surface area contributed by atoms with Gasteiger partial charge < -0.3 is 9.64 Å². The molecular formula is C19H19NO2S. The van der Waals surface area contributed by atoms with Crippen molar-refractivity contribution in [1.29, 1.82) is 0 Å². The molecule has 2 aliphatic heterocycles. The smallest absolute Gasteiger partial charge is 0.246 e. The lowest BCUT2D eigenvalue weighted by Gasteiger charge is -2.15. The molecule has 3 nitrogen and oxygen atoms in total. The van der Waals surface area contributed by atoms with Crippen LogP contribution >= 0.6 is 11.3 Å². The van der Waals surface area contributed by atoms with Crippen LogP contribution in [0.4, 0.5) is 0 Å². The summed E-state index contributed by atoms with van der Waals surface area (Å²) in [6.07, 6.45) is 5.64. The van der Waals surface area contributed by atoms with Gasteiger partial charge >= 0.3 is 0 Å². The van der Waals surface area contributed by atoms with Gasteiger partial charge in [0.05, 0.1) is 6.61 Å². The topological polar surface area (TPSA) is 29.5 Å². The molecule has 2 aromatic rings. The van der Waals surface area contributed by atoms with E-state index in [9.17, 15) is 4.79 Å². The predicted molar refractivity (Wildman–Crippen MR) is 92.9 cm³/mol. The average molecular weight is 325 g/mol. The first-order chi connectivity index (χ1) is 11.3. The number of benzene rings is 1. The van der Waals surface area contributed by atoms with E-state index in [0.717, 1.165) is 43.9 Å². The number of ether oxygens (including phenoxy) is 1. The second-order valence-corrected chi connectivity index (χ2v) is 6.91. The summed E-state index contributed by atoms with van der Waals surface area (Å²) >= 11 is 1.64. The number of likely N-dealkylation sites (tertiary alicyclic amines) is 1. The molecule has 1 fully saturated rings. The first-order valence-electron chi connectivity index (χ1n) is 8.04. The number of hydrogen-bond donors (Lipinski definition) is 0. The van der Waals surface area contributed by atoms with Crippen LogP contribution in [0.3, 0.4) is 0 Å². The van der Waals surface area contributed by atoms with Crippen LogP contribution in [0.25, 0.3) is 6.08 Å². The lowest BCUT2D eigenvalue weighted by Crippen LogP contribution is -2.26. The monoisotopic (exact) mass is 325 g/mol. The Kier molecular flexibility index (Phi) is 3.92. The molecule has 23 heavy (non-hydrogen) atoms. The summed E-state index contributed by atoms with van der Waals surface area (Å²) < 4.78 is 5.57. The van der Waals surface area contributed by atoms with E-state index in [-0.39, 0.29) is 5.91 Å². The van der Waals surface area contributed by atoms with Crippen LogP contribution in [-0.4, -0.2) is 30.5 Å². The normalized spacial score (nSPS) is 20.0. The van der Waals surface area contributed by atoms with E-state index in [4.69, 9.17) is 4.74 Å². The van der Waals surface area contributed by atoms with E-state index in [0.29, 0.717) is 5.92 Å². The highest BCUT2D eigenvalue weighted by Gasteiger charge is 2.27. The molecule has 0 aliphatic carbocycles. The van der Waals surface area contributed by atoms with E-state index in [1.165, 1.54) is 11.1 Å². The molecule has 0 bridgehead atoms. The molecule has 0 N–H and O–H groups in total. The SMILES string of the molecule is O=C(/C=C/c1ccsc1)N1CCC(c2ccc3c(c2)CCO3)C1. The van der Waals surface area contributed by atoms with E-state index in [1.807, 2.05) is 27.8 Å². The first-order valence-corrected chi connectivity index (χ1v) is 8.99. The molecule has 0 radical (unpaired) electrons. The Hall–Kier alpha value is -2.07. The van der Waals surface area contributed by atoms with Gasteiger partial charge in [-0.25, -0.2) is 0 Å². The molecule has 0 spiro atoms. The van der Waals surface area contributed by atoms with Gasteiger partial charge in [0.15, 0.2) is 0 Å². The van der Waals surface area contributed by atoms with E-state index < -0.39 is 0 Å². The van der Waals surface area contributed by atoms with Crippen LogP contribution in [-0.2, 0) is 11.2 Å². The van der Waals surface area contributed by atoms with Crippen LogP contribution in [0.15, 0.2) is 41.1 Å². The molecule has 0 saturated carbocycles. The molecule has 2 aliphatic rings. The minimum Gasteiger partial charge on any atom is -0.493 e. The molecule has 1 unspecified atom stereocenters. The Morgan fingerprint density at radius 1 is 1.35 bits per heavy atom. The van der Waals surface area contributed by atoms with Crippen molar-refractivity contribution in [3.05, 3.63) is 57.8 Å². The van der Waals surface area contributed by atoms with E-state index >= 15 is 0 Å². The van der Waals surface area contributed by atoms with Crippen LogP contribution in [0.5, 0.6) is 5.75 Å². The zero-order valence-corrected chi connectivity index (χ0v) is 13.7. The van der Waals surface area contributed by atoms with E-state index in [1.54, 1.807) is 17.4 Å². The molecule has 1 atom stereocenters. The van der Waals surface area contributed by atoms with Crippen molar-refractivity contribution in [1.82, 2.24) is 4.90 Å². The van der Waals surface area contributed by atoms with Gasteiger partial charge in [-0.3, -0.25) is 4.79 Å². The maximum atomic E-state index is 12.3. The Labute approximate surface area is 140 Å². The number of thiophene rings is 1. The fourth-order valence-corrected chi connectivity index (χ4v) is 3.96. The maximum absolute atomic E-state index is 12.3. The zero-order valence-electron chi connectivity index (χ0n) is 12.9. The van der Waals surface area contributed by atoms with Gasteiger partial charge in [0.25, 0.3) is 0 Å². The summed E-state index contributed by atoms with van der Waals surface area (Å²) in [5, 5.41) is 4.07. The van der Waals surface area contributed by atoms with Gasteiger partial charge in [-0.05, 0) is 52.1 Å². The molecule has 1 aromatic carbocycles. The summed E-state index contributed by atoms with van der Waals surface area (Å²) in [4.78, 5) is 14.3. The van der Waals surface area contributed by atoms with Gasteiger partial charge in [-0.2, -0.15) is 11.3 Å². The van der Waals surface area contributed by atoms with Crippen molar-refractivity contribution in [2.75, 3.05) is 19.7 Å². The molecule has 4 heteroatoms. The molecule has 118 valence electrons. The highest BCUT2D eigenvalue weighted by atomic mass is 32.1. The third kappa shape index (κ3) is 3.04. The van der Waals surface area contributed by atoms with Crippen LogP contribution in [0.1, 0.15) is 29.0 Å². The quantitative estimate of drug-likeness (QED) is 0.805. The zero-order chi connectivity index (χ0) is 15.6. The summed E-state index contributed by atoms with van der Waals surface area (Å²) in [7, 11) is 0. The second kappa shape index (κ2) is 6.20. The van der Waals surface area contributed by atoms with Crippen molar-refractivity contribution < 1.29 is 9.53 Å². The largest absolute Gasteiger partial charge is 0.493 e. The lowest BCUT2D eigenvalue weighted by atomic mass is 9.96. The fourth-order valence-electron chi connectivity index (χ4n) is 3.34. The minimum absolute atomic E-state index is 0.114.